The summed E-state index contributed by atoms with van der Waals surface area (Å²) in [6.45, 7) is 2.36. The molecule has 4 nitrogen and oxygen atoms in total. The number of nitrogens with zero attached hydrogens (tertiary/aromatic N) is 1. The average molecular weight is 304 g/mol. The maximum Gasteiger partial charge on any atom is 0.142 e. The maximum atomic E-state index is 5.68. The Morgan fingerprint density at radius 2 is 2.24 bits per heavy atom. The molecule has 2 aliphatic heterocycles. The van der Waals surface area contributed by atoms with Gasteiger partial charge in [0.25, 0.3) is 0 Å². The van der Waals surface area contributed by atoms with Crippen LogP contribution in [0.4, 0.5) is 5.69 Å². The molecule has 1 saturated carbocycles. The van der Waals surface area contributed by atoms with E-state index in [1.165, 1.54) is 19.4 Å². The van der Waals surface area contributed by atoms with Crippen molar-refractivity contribution in [2.24, 2.45) is 11.8 Å². The molecule has 21 heavy (non-hydrogen) atoms. The maximum absolute atomic E-state index is 5.68. The Bertz CT molecular complexity index is 606. The highest BCUT2D eigenvalue weighted by molar-refractivity contribution is 7.80. The third-order valence-electron chi connectivity index (χ3n) is 5.45. The Morgan fingerprint density at radius 1 is 1.38 bits per heavy atom. The average Bonchev–Trinajstić information content (AvgIpc) is 3.19. The third kappa shape index (κ3) is 1.87. The highest BCUT2D eigenvalue weighted by Crippen LogP contribution is 2.65. The van der Waals surface area contributed by atoms with Crippen molar-refractivity contribution in [1.82, 2.24) is 4.90 Å². The van der Waals surface area contributed by atoms with Gasteiger partial charge in [-0.1, -0.05) is 12.2 Å². The summed E-state index contributed by atoms with van der Waals surface area (Å²) in [6.07, 6.45) is 2.69. The molecule has 1 aromatic carbocycles. The summed E-state index contributed by atoms with van der Waals surface area (Å²) in [7, 11) is 3.34. The second-order valence-corrected chi connectivity index (χ2v) is 6.71. The molecule has 1 aliphatic carbocycles. The lowest BCUT2D eigenvalue weighted by Crippen LogP contribution is -2.47. The van der Waals surface area contributed by atoms with Crippen molar-refractivity contribution in [3.8, 4) is 11.5 Å². The summed E-state index contributed by atoms with van der Waals surface area (Å²) < 4.78 is 10.7. The third-order valence-corrected chi connectivity index (χ3v) is 5.86. The number of anilines is 1. The number of piperidine rings is 1. The van der Waals surface area contributed by atoms with Gasteiger partial charge >= 0.3 is 0 Å². The van der Waals surface area contributed by atoms with Gasteiger partial charge in [0.05, 0.1) is 24.9 Å². The molecule has 3 atom stereocenters. The highest BCUT2D eigenvalue weighted by Gasteiger charge is 2.70. The second-order valence-electron chi connectivity index (χ2n) is 6.27. The van der Waals surface area contributed by atoms with Gasteiger partial charge in [-0.2, -0.15) is 0 Å². The number of methoxy groups -OCH3 is 2. The summed E-state index contributed by atoms with van der Waals surface area (Å²) in [6, 6.07) is 5.74. The van der Waals surface area contributed by atoms with Crippen molar-refractivity contribution >= 4 is 22.9 Å². The molecule has 0 aromatic heterocycles. The highest BCUT2D eigenvalue weighted by atomic mass is 32.1. The molecule has 1 spiro atoms. The summed E-state index contributed by atoms with van der Waals surface area (Å²) in [5, 5.41) is 3.40. The fourth-order valence-corrected chi connectivity index (χ4v) is 4.44. The summed E-state index contributed by atoms with van der Waals surface area (Å²) in [4.78, 5) is 3.55. The number of hydrogen-bond acceptors (Lipinski definition) is 4. The Morgan fingerprint density at radius 3 is 2.76 bits per heavy atom. The van der Waals surface area contributed by atoms with Gasteiger partial charge < -0.3 is 14.8 Å². The molecule has 4 rings (SSSR count). The number of benzene rings is 1. The molecule has 0 radical (unpaired) electrons. The number of nitrogens with one attached hydrogen (secondary N) is 1. The van der Waals surface area contributed by atoms with Gasteiger partial charge in [0.2, 0.25) is 0 Å². The van der Waals surface area contributed by atoms with Crippen LogP contribution in [0.1, 0.15) is 12.8 Å². The molecule has 2 heterocycles. The zero-order valence-corrected chi connectivity index (χ0v) is 13.2. The minimum atomic E-state index is 0.485. The summed E-state index contributed by atoms with van der Waals surface area (Å²) in [5.41, 5.74) is 1.43. The molecule has 0 amide bonds. The molecule has 3 aliphatic rings. The standard InChI is InChI=1S/C16H20N2O2S/c1-19-10-3-4-14(20-2)13(7-10)17-15(21)11-9-18-6-5-16(18)8-12(11)16/h3-4,7,11-12H,5-6,8-9H2,1-2H3,(H,17,21). The van der Waals surface area contributed by atoms with E-state index in [0.29, 0.717) is 11.5 Å². The Balaban J connectivity index is 1.52. The van der Waals surface area contributed by atoms with Crippen LogP contribution in [0.5, 0.6) is 11.5 Å². The van der Waals surface area contributed by atoms with E-state index in [-0.39, 0.29) is 0 Å². The van der Waals surface area contributed by atoms with E-state index in [1.807, 2.05) is 18.2 Å². The van der Waals surface area contributed by atoms with Gasteiger partial charge in [0.15, 0.2) is 0 Å². The lowest BCUT2D eigenvalue weighted by molar-refractivity contribution is 0.0956. The molecule has 1 N–H and O–H groups in total. The van der Waals surface area contributed by atoms with Gasteiger partial charge in [-0.3, -0.25) is 4.90 Å². The van der Waals surface area contributed by atoms with Crippen molar-refractivity contribution in [1.29, 1.82) is 0 Å². The van der Waals surface area contributed by atoms with Crippen LogP contribution in [0.15, 0.2) is 18.2 Å². The predicted octanol–water partition coefficient (Wildman–Crippen LogP) is 2.54. The van der Waals surface area contributed by atoms with Crippen molar-refractivity contribution in [2.75, 3.05) is 32.6 Å². The predicted molar refractivity (Wildman–Crippen MR) is 86.3 cm³/mol. The molecule has 112 valence electrons. The van der Waals surface area contributed by atoms with E-state index in [1.54, 1.807) is 14.2 Å². The van der Waals surface area contributed by atoms with Crippen molar-refractivity contribution in [3.63, 3.8) is 0 Å². The minimum absolute atomic E-state index is 0.485. The Hall–Kier alpha value is -1.33. The number of thiocarbonyl (C=S) groups is 1. The summed E-state index contributed by atoms with van der Waals surface area (Å²) in [5.74, 6) is 2.85. The molecular weight excluding hydrogens is 284 g/mol. The first kappa shape index (κ1) is 13.3. The SMILES string of the molecule is COc1ccc(OC)c(NC(=S)C2CN3CCC34CC24)c1. The van der Waals surface area contributed by atoms with Crippen molar-refractivity contribution < 1.29 is 9.47 Å². The van der Waals surface area contributed by atoms with E-state index in [2.05, 4.69) is 10.2 Å². The number of hydrogen-bond donors (Lipinski definition) is 1. The normalized spacial score (nSPS) is 32.7. The van der Waals surface area contributed by atoms with Gasteiger partial charge in [-0.05, 0) is 30.9 Å². The molecule has 5 heteroatoms. The van der Waals surface area contributed by atoms with Crippen LogP contribution < -0.4 is 14.8 Å². The fraction of sp³-hybridized carbons (Fsp3) is 0.562. The monoisotopic (exact) mass is 304 g/mol. The zero-order chi connectivity index (χ0) is 14.6. The summed E-state index contributed by atoms with van der Waals surface area (Å²) >= 11 is 5.68. The van der Waals surface area contributed by atoms with Crippen LogP contribution in [0.25, 0.3) is 0 Å². The van der Waals surface area contributed by atoms with E-state index in [0.717, 1.165) is 34.6 Å². The number of ether oxygens (including phenoxy) is 2. The minimum Gasteiger partial charge on any atom is -0.497 e. The second kappa shape index (κ2) is 4.58. The van der Waals surface area contributed by atoms with Gasteiger partial charge in [-0.15, -0.1) is 0 Å². The topological polar surface area (TPSA) is 33.7 Å². The van der Waals surface area contributed by atoms with Crippen molar-refractivity contribution in [3.05, 3.63) is 18.2 Å². The van der Waals surface area contributed by atoms with Crippen LogP contribution >= 0.6 is 12.2 Å². The van der Waals surface area contributed by atoms with Crippen LogP contribution in [0, 0.1) is 11.8 Å². The Labute approximate surface area is 130 Å². The largest absolute Gasteiger partial charge is 0.497 e. The van der Waals surface area contributed by atoms with E-state index >= 15 is 0 Å². The van der Waals surface area contributed by atoms with Crippen LogP contribution in [-0.4, -0.2) is 42.7 Å². The molecule has 1 aromatic rings. The van der Waals surface area contributed by atoms with E-state index in [9.17, 15) is 0 Å². The van der Waals surface area contributed by atoms with Crippen molar-refractivity contribution in [2.45, 2.75) is 18.4 Å². The first-order valence-electron chi connectivity index (χ1n) is 7.46. The van der Waals surface area contributed by atoms with Gasteiger partial charge in [-0.25, -0.2) is 0 Å². The lowest BCUT2D eigenvalue weighted by atomic mass is 10.0. The molecule has 0 bridgehead atoms. The van der Waals surface area contributed by atoms with Gasteiger partial charge in [0.1, 0.15) is 11.5 Å². The smallest absolute Gasteiger partial charge is 0.142 e. The lowest BCUT2D eigenvalue weighted by Gasteiger charge is -2.38. The molecule has 3 unspecified atom stereocenters. The van der Waals surface area contributed by atoms with Crippen LogP contribution in [0.2, 0.25) is 0 Å². The van der Waals surface area contributed by atoms with Crippen LogP contribution in [0.3, 0.4) is 0 Å². The molecule has 3 fully saturated rings. The zero-order valence-electron chi connectivity index (χ0n) is 12.4. The van der Waals surface area contributed by atoms with Gasteiger partial charge in [0, 0.05) is 30.6 Å². The van der Waals surface area contributed by atoms with E-state index < -0.39 is 0 Å². The quantitative estimate of drug-likeness (QED) is 0.865. The Kier molecular flexibility index (Phi) is 2.91. The van der Waals surface area contributed by atoms with E-state index in [4.69, 9.17) is 21.7 Å². The first-order chi connectivity index (χ1) is 10.2. The van der Waals surface area contributed by atoms with Crippen LogP contribution in [-0.2, 0) is 0 Å². The molecular formula is C16H20N2O2S. The molecule has 2 saturated heterocycles. The fourth-order valence-electron chi connectivity index (χ4n) is 4.09. The number of rotatable bonds is 4. The first-order valence-corrected chi connectivity index (χ1v) is 7.87.